The van der Waals surface area contributed by atoms with Crippen LogP contribution in [0, 0.1) is 5.82 Å². The number of hydrogen-bond acceptors (Lipinski definition) is 9. The minimum Gasteiger partial charge on any atom is -0.462 e. The van der Waals surface area contributed by atoms with Crippen molar-refractivity contribution in [3.8, 4) is 11.3 Å². The maximum atomic E-state index is 13.5. The number of aliphatic hydroxyl groups excluding tert-OH is 1. The van der Waals surface area contributed by atoms with Crippen molar-refractivity contribution >= 4 is 38.6 Å². The molecule has 2 heterocycles. The molecule has 1 aliphatic rings. The fourth-order valence-electron chi connectivity index (χ4n) is 4.41. The van der Waals surface area contributed by atoms with E-state index in [-0.39, 0.29) is 35.7 Å². The second-order valence-electron chi connectivity index (χ2n) is 9.39. The van der Waals surface area contributed by atoms with Crippen molar-refractivity contribution < 1.29 is 41.4 Å². The first kappa shape index (κ1) is 28.5. The van der Waals surface area contributed by atoms with E-state index in [0.717, 1.165) is 10.6 Å². The van der Waals surface area contributed by atoms with Crippen molar-refractivity contribution in [3.63, 3.8) is 0 Å². The number of amides is 1. The molecule has 3 aromatic rings. The molecule has 39 heavy (non-hydrogen) atoms. The number of rotatable bonds is 7. The predicted molar refractivity (Wildman–Crippen MR) is 141 cm³/mol. The molecule has 4 rings (SSSR count). The summed E-state index contributed by atoms with van der Waals surface area (Å²) in [5, 5.41) is 12.5. The van der Waals surface area contributed by atoms with E-state index in [9.17, 15) is 27.5 Å². The molecule has 210 valence electrons. The first-order chi connectivity index (χ1) is 18.3. The molecule has 0 fully saturated rings. The van der Waals surface area contributed by atoms with Crippen molar-refractivity contribution in [3.05, 3.63) is 53.3 Å². The first-order valence-corrected chi connectivity index (χ1v) is 14.0. The number of halogens is 1. The molecular weight excluding hydrogens is 533 g/mol. The SMILES string of the molecule is CNC(=O)c1c(-c2ccc(F)cc2)oc2cc3c(cc12)[C@H](C)O[C@H](COC(=O)[C@@H](N)[C@@H](C)O)CN3S(C)(=O)=O. The predicted octanol–water partition coefficient (Wildman–Crippen LogP) is 2.08. The van der Waals surface area contributed by atoms with Crippen LogP contribution in [0.15, 0.2) is 40.8 Å². The van der Waals surface area contributed by atoms with E-state index in [0.29, 0.717) is 16.5 Å². The number of nitrogens with two attached hydrogens (primary N) is 1. The number of aliphatic hydroxyl groups is 1. The van der Waals surface area contributed by atoms with Gasteiger partial charge in [-0.25, -0.2) is 12.8 Å². The number of nitrogens with one attached hydrogen (secondary N) is 1. The van der Waals surface area contributed by atoms with Gasteiger partial charge in [0.2, 0.25) is 10.0 Å². The summed E-state index contributed by atoms with van der Waals surface area (Å²) in [5.41, 5.74) is 7.25. The van der Waals surface area contributed by atoms with Crippen molar-refractivity contribution in [1.29, 1.82) is 0 Å². The lowest BCUT2D eigenvalue weighted by Gasteiger charge is -2.25. The summed E-state index contributed by atoms with van der Waals surface area (Å²) >= 11 is 0. The summed E-state index contributed by atoms with van der Waals surface area (Å²) in [5.74, 6) is -1.56. The van der Waals surface area contributed by atoms with E-state index in [1.165, 1.54) is 44.3 Å². The number of ether oxygens (including phenoxy) is 2. The minimum atomic E-state index is -3.85. The van der Waals surface area contributed by atoms with E-state index < -0.39 is 52.1 Å². The molecule has 1 aromatic heterocycles. The number of carbonyl (C=O) groups is 2. The van der Waals surface area contributed by atoms with Crippen molar-refractivity contribution in [2.75, 3.05) is 30.8 Å². The van der Waals surface area contributed by atoms with Crippen LogP contribution in [0.2, 0.25) is 0 Å². The topological polar surface area (TPSA) is 161 Å². The highest BCUT2D eigenvalue weighted by Crippen LogP contribution is 2.42. The Morgan fingerprint density at radius 1 is 1.28 bits per heavy atom. The molecule has 4 atom stereocenters. The van der Waals surface area contributed by atoms with E-state index in [4.69, 9.17) is 19.6 Å². The van der Waals surface area contributed by atoms with Crippen LogP contribution in [0.5, 0.6) is 0 Å². The van der Waals surface area contributed by atoms with E-state index in [2.05, 4.69) is 5.32 Å². The summed E-state index contributed by atoms with van der Waals surface area (Å²) in [6.07, 6.45) is -1.66. The molecule has 0 unspecified atom stereocenters. The molecule has 0 saturated carbocycles. The average Bonchev–Trinajstić information content (AvgIpc) is 3.19. The van der Waals surface area contributed by atoms with Gasteiger partial charge >= 0.3 is 5.97 Å². The Morgan fingerprint density at radius 3 is 2.54 bits per heavy atom. The van der Waals surface area contributed by atoms with Crippen LogP contribution >= 0.6 is 0 Å². The van der Waals surface area contributed by atoms with Gasteiger partial charge in [-0.15, -0.1) is 0 Å². The third-order valence-electron chi connectivity index (χ3n) is 6.47. The zero-order valence-corrected chi connectivity index (χ0v) is 22.6. The summed E-state index contributed by atoms with van der Waals surface area (Å²) < 4.78 is 57.8. The monoisotopic (exact) mass is 563 g/mol. The molecule has 11 nitrogen and oxygen atoms in total. The maximum absolute atomic E-state index is 13.5. The number of nitrogens with zero attached hydrogens (tertiary/aromatic N) is 1. The fourth-order valence-corrected chi connectivity index (χ4v) is 5.36. The number of esters is 1. The highest BCUT2D eigenvalue weighted by atomic mass is 32.2. The second-order valence-corrected chi connectivity index (χ2v) is 11.3. The maximum Gasteiger partial charge on any atom is 0.325 e. The Balaban J connectivity index is 1.80. The number of carbonyl (C=O) groups excluding carboxylic acids is 2. The van der Waals surface area contributed by atoms with Crippen LogP contribution in [-0.2, 0) is 24.3 Å². The summed E-state index contributed by atoms with van der Waals surface area (Å²) in [6, 6.07) is 7.33. The Labute approximate surface area is 224 Å². The van der Waals surface area contributed by atoms with Crippen molar-refractivity contribution in [2.45, 2.75) is 38.2 Å². The van der Waals surface area contributed by atoms with E-state index >= 15 is 0 Å². The number of fused-ring (bicyclic) bond motifs is 2. The summed E-state index contributed by atoms with van der Waals surface area (Å²) in [4.78, 5) is 25.1. The van der Waals surface area contributed by atoms with Crippen LogP contribution in [-0.4, -0.2) is 70.1 Å². The van der Waals surface area contributed by atoms with Crippen LogP contribution in [0.25, 0.3) is 22.3 Å². The zero-order valence-electron chi connectivity index (χ0n) is 21.8. The molecule has 0 saturated heterocycles. The molecule has 4 N–H and O–H groups in total. The lowest BCUT2D eigenvalue weighted by atomic mass is 10.0. The van der Waals surface area contributed by atoms with E-state index in [1.807, 2.05) is 0 Å². The Kier molecular flexibility index (Phi) is 7.98. The van der Waals surface area contributed by atoms with E-state index in [1.54, 1.807) is 13.0 Å². The van der Waals surface area contributed by atoms with Gasteiger partial charge in [0.1, 0.15) is 35.9 Å². The largest absolute Gasteiger partial charge is 0.462 e. The van der Waals surface area contributed by atoms with Gasteiger partial charge in [-0.1, -0.05) is 0 Å². The van der Waals surface area contributed by atoms with Crippen LogP contribution in [0.4, 0.5) is 10.1 Å². The fraction of sp³-hybridized carbons (Fsp3) is 0.385. The average molecular weight is 564 g/mol. The summed E-state index contributed by atoms with van der Waals surface area (Å²) in [7, 11) is -2.39. The van der Waals surface area contributed by atoms with Gasteiger partial charge in [-0.3, -0.25) is 13.9 Å². The number of furan rings is 1. The van der Waals surface area contributed by atoms with Crippen LogP contribution < -0.4 is 15.4 Å². The molecule has 0 bridgehead atoms. The first-order valence-electron chi connectivity index (χ1n) is 12.1. The number of anilines is 1. The van der Waals surface area contributed by atoms with Crippen molar-refractivity contribution in [1.82, 2.24) is 5.32 Å². The lowest BCUT2D eigenvalue weighted by molar-refractivity contribution is -0.152. The molecule has 13 heteroatoms. The van der Waals surface area contributed by atoms with Gasteiger partial charge in [0.25, 0.3) is 5.91 Å². The highest BCUT2D eigenvalue weighted by molar-refractivity contribution is 7.92. The third kappa shape index (κ3) is 5.76. The van der Waals surface area contributed by atoms with Crippen molar-refractivity contribution in [2.24, 2.45) is 5.73 Å². The van der Waals surface area contributed by atoms with Gasteiger partial charge in [-0.2, -0.15) is 0 Å². The molecule has 2 aromatic carbocycles. The number of hydrogen-bond donors (Lipinski definition) is 3. The molecule has 1 aliphatic heterocycles. The third-order valence-corrected chi connectivity index (χ3v) is 7.62. The number of sulfonamides is 1. The van der Waals surface area contributed by atoms with Crippen LogP contribution in [0.1, 0.15) is 35.9 Å². The second kappa shape index (κ2) is 10.9. The highest BCUT2D eigenvalue weighted by Gasteiger charge is 2.35. The van der Waals surface area contributed by atoms with Crippen LogP contribution in [0.3, 0.4) is 0 Å². The Bertz CT molecular complexity index is 1500. The number of benzene rings is 2. The molecule has 0 radical (unpaired) electrons. The standard InChI is InChI=1S/C26H30FN3O8S/c1-13(31)23(28)26(33)36-12-17-11-30(39(4,34)35)20-10-21-19(9-18(20)14(2)37-17)22(25(32)29-3)24(38-21)15-5-7-16(27)8-6-15/h5-10,13-14,17,23,31H,11-12,28H2,1-4H3,(H,29,32)/t13-,14+,17+,23+/m1/s1. The lowest BCUT2D eigenvalue weighted by Crippen LogP contribution is -2.44. The van der Waals surface area contributed by atoms with Gasteiger partial charge in [0, 0.05) is 29.6 Å². The normalized spacial score (nSPS) is 19.2. The Hall–Kier alpha value is -3.52. The smallest absolute Gasteiger partial charge is 0.325 e. The van der Waals surface area contributed by atoms with Gasteiger partial charge in [-0.05, 0) is 44.2 Å². The quantitative estimate of drug-likeness (QED) is 0.366. The minimum absolute atomic E-state index is 0.188. The molecule has 1 amide bonds. The van der Waals surface area contributed by atoms with Gasteiger partial charge < -0.3 is 30.0 Å². The summed E-state index contributed by atoms with van der Waals surface area (Å²) in [6.45, 7) is 2.56. The zero-order chi connectivity index (χ0) is 28.6. The molecular formula is C26H30FN3O8S. The van der Waals surface area contributed by atoms with Gasteiger partial charge in [0.05, 0.1) is 36.3 Å². The molecule has 0 aliphatic carbocycles. The molecule has 0 spiro atoms. The Morgan fingerprint density at radius 2 is 1.95 bits per heavy atom. The van der Waals surface area contributed by atoms with Gasteiger partial charge in [0.15, 0.2) is 0 Å².